The molecule has 0 aromatic heterocycles. The van der Waals surface area contributed by atoms with Crippen LogP contribution in [0.2, 0.25) is 0 Å². The lowest BCUT2D eigenvalue weighted by Gasteiger charge is -2.43. The minimum absolute atomic E-state index is 0. The Labute approximate surface area is 220 Å². The second-order valence-electron chi connectivity index (χ2n) is 8.82. The zero-order valence-electron chi connectivity index (χ0n) is 20.7. The van der Waals surface area contributed by atoms with Gasteiger partial charge >= 0.3 is 6.16 Å². The molecule has 6 nitrogen and oxygen atoms in total. The molecule has 3 aromatic rings. The molecule has 2 atom stereocenters. The number of ether oxygens (including phenoxy) is 3. The van der Waals surface area contributed by atoms with E-state index < -0.39 is 6.16 Å². The smallest absolute Gasteiger partial charge is 0.433 e. The van der Waals surface area contributed by atoms with E-state index in [4.69, 9.17) is 14.2 Å². The number of para-hydroxylation sites is 1. The Morgan fingerprint density at radius 3 is 2.00 bits per heavy atom. The van der Waals surface area contributed by atoms with Crippen molar-refractivity contribution in [1.29, 1.82) is 0 Å². The number of methoxy groups -OCH3 is 1. The number of rotatable bonds is 10. The molecule has 36 heavy (non-hydrogen) atoms. The largest absolute Gasteiger partial charge is 0.513 e. The van der Waals surface area contributed by atoms with E-state index >= 15 is 0 Å². The average molecular weight is 511 g/mol. The predicted molar refractivity (Wildman–Crippen MR) is 143 cm³/mol. The maximum absolute atomic E-state index is 12.0. The minimum atomic E-state index is -0.675. The highest BCUT2D eigenvalue weighted by Crippen LogP contribution is 2.24. The summed E-state index contributed by atoms with van der Waals surface area (Å²) >= 11 is 0. The number of hydrogen-bond acceptors (Lipinski definition) is 6. The van der Waals surface area contributed by atoms with Gasteiger partial charge in [-0.25, -0.2) is 4.79 Å². The molecule has 7 heteroatoms. The normalized spacial score (nSPS) is 17.8. The van der Waals surface area contributed by atoms with E-state index in [2.05, 4.69) is 70.5 Å². The van der Waals surface area contributed by atoms with E-state index in [9.17, 15) is 4.79 Å². The summed E-state index contributed by atoms with van der Waals surface area (Å²) in [6.07, 6.45) is 0.367. The van der Waals surface area contributed by atoms with Crippen molar-refractivity contribution in [2.24, 2.45) is 0 Å². The van der Waals surface area contributed by atoms with Crippen molar-refractivity contribution in [1.82, 2.24) is 9.80 Å². The predicted octanol–water partition coefficient (Wildman–Crippen LogP) is 5.42. The molecule has 3 aromatic carbocycles. The monoisotopic (exact) mass is 510 g/mol. The van der Waals surface area contributed by atoms with Crippen molar-refractivity contribution in [3.63, 3.8) is 0 Å². The molecule has 0 radical (unpaired) electrons. The van der Waals surface area contributed by atoms with Gasteiger partial charge in [0.25, 0.3) is 0 Å². The molecule has 0 amide bonds. The summed E-state index contributed by atoms with van der Waals surface area (Å²) in [6, 6.07) is 30.5. The van der Waals surface area contributed by atoms with Crippen LogP contribution in [-0.4, -0.2) is 61.5 Å². The number of nitrogens with zero attached hydrogens (tertiary/aromatic N) is 2. The van der Waals surface area contributed by atoms with Crippen molar-refractivity contribution >= 4 is 18.6 Å². The lowest BCUT2D eigenvalue weighted by molar-refractivity contribution is -0.0468. The third-order valence-corrected chi connectivity index (χ3v) is 6.41. The van der Waals surface area contributed by atoms with Crippen molar-refractivity contribution in [3.05, 3.63) is 102 Å². The summed E-state index contributed by atoms with van der Waals surface area (Å²) in [6.45, 7) is 4.38. The van der Waals surface area contributed by atoms with Crippen molar-refractivity contribution in [2.45, 2.75) is 31.7 Å². The van der Waals surface area contributed by atoms with Gasteiger partial charge in [0.2, 0.25) is 0 Å². The molecule has 0 N–H and O–H groups in total. The van der Waals surface area contributed by atoms with Gasteiger partial charge in [0.1, 0.15) is 12.4 Å². The van der Waals surface area contributed by atoms with Crippen LogP contribution in [0.1, 0.15) is 17.5 Å². The van der Waals surface area contributed by atoms with E-state index in [0.29, 0.717) is 18.3 Å². The molecule has 1 aliphatic heterocycles. The van der Waals surface area contributed by atoms with E-state index in [1.54, 1.807) is 19.2 Å². The first kappa shape index (κ1) is 27.7. The van der Waals surface area contributed by atoms with Crippen LogP contribution in [-0.2, 0) is 22.6 Å². The maximum Gasteiger partial charge on any atom is 0.513 e. The Kier molecular flexibility index (Phi) is 11.2. The van der Waals surface area contributed by atoms with Crippen LogP contribution in [0, 0.1) is 0 Å². The highest BCUT2D eigenvalue weighted by Gasteiger charge is 2.33. The molecule has 0 unspecified atom stereocenters. The van der Waals surface area contributed by atoms with Gasteiger partial charge in [-0.1, -0.05) is 78.9 Å². The number of halogens is 1. The molecule has 1 fully saturated rings. The van der Waals surface area contributed by atoms with Crippen molar-refractivity contribution in [3.8, 4) is 5.75 Å². The first-order valence-electron chi connectivity index (χ1n) is 12.2. The molecule has 1 aliphatic rings. The Morgan fingerprint density at radius 2 is 1.44 bits per heavy atom. The molecule has 0 aliphatic carbocycles. The van der Waals surface area contributed by atoms with Crippen molar-refractivity contribution in [2.75, 3.05) is 33.4 Å². The number of benzene rings is 3. The summed E-state index contributed by atoms with van der Waals surface area (Å²) in [7, 11) is 1.79. The Hall–Kier alpha value is -2.90. The van der Waals surface area contributed by atoms with Crippen LogP contribution in [0.15, 0.2) is 91.0 Å². The molecule has 1 saturated heterocycles. The van der Waals surface area contributed by atoms with Gasteiger partial charge in [-0.2, -0.15) is 0 Å². The van der Waals surface area contributed by atoms with Gasteiger partial charge in [-0.15, -0.1) is 12.4 Å². The molecular weight excluding hydrogens is 476 g/mol. The average Bonchev–Trinajstić information content (AvgIpc) is 2.90. The number of carbonyl (C=O) groups is 1. The Morgan fingerprint density at radius 1 is 0.889 bits per heavy atom. The van der Waals surface area contributed by atoms with E-state index in [0.717, 1.165) is 32.6 Å². The van der Waals surface area contributed by atoms with E-state index in [1.165, 1.54) is 11.1 Å². The lowest BCUT2D eigenvalue weighted by Crippen LogP contribution is -2.55. The zero-order valence-corrected chi connectivity index (χ0v) is 21.5. The third-order valence-electron chi connectivity index (χ3n) is 6.41. The van der Waals surface area contributed by atoms with E-state index in [1.807, 2.05) is 18.2 Å². The molecular formula is C29H35ClN2O4. The number of carbonyl (C=O) groups excluding carboxylic acids is 1. The zero-order chi connectivity index (χ0) is 24.3. The fourth-order valence-electron chi connectivity index (χ4n) is 4.62. The SMILES string of the molecule is CO[C@H]1CN(CCOC(=O)Oc2ccccc2)CC[C@H]1N(Cc1ccccc1)Cc1ccccc1.Cl. The number of hydrogen-bond donors (Lipinski definition) is 0. The molecule has 0 saturated carbocycles. The highest BCUT2D eigenvalue weighted by molar-refractivity contribution is 5.85. The third kappa shape index (κ3) is 8.35. The van der Waals surface area contributed by atoms with Crippen LogP contribution in [0.5, 0.6) is 5.75 Å². The second kappa shape index (κ2) is 14.6. The Bertz CT molecular complexity index is 982. The summed E-state index contributed by atoms with van der Waals surface area (Å²) in [5, 5.41) is 0. The first-order chi connectivity index (χ1) is 17.2. The lowest BCUT2D eigenvalue weighted by atomic mass is 9.98. The van der Waals surface area contributed by atoms with Crippen LogP contribution in [0.25, 0.3) is 0 Å². The van der Waals surface area contributed by atoms with Crippen LogP contribution >= 0.6 is 12.4 Å². The topological polar surface area (TPSA) is 51.2 Å². The van der Waals surface area contributed by atoms with Crippen LogP contribution < -0.4 is 4.74 Å². The van der Waals surface area contributed by atoms with Crippen LogP contribution in [0.3, 0.4) is 0 Å². The van der Waals surface area contributed by atoms with E-state index in [-0.39, 0.29) is 25.1 Å². The molecule has 4 rings (SSSR count). The van der Waals surface area contributed by atoms with Gasteiger partial charge in [0.15, 0.2) is 0 Å². The molecule has 1 heterocycles. The molecule has 192 valence electrons. The fourth-order valence-corrected chi connectivity index (χ4v) is 4.62. The number of likely N-dealkylation sites (tertiary alicyclic amines) is 1. The summed E-state index contributed by atoms with van der Waals surface area (Å²) in [4.78, 5) is 16.8. The second-order valence-corrected chi connectivity index (χ2v) is 8.82. The Balaban J connectivity index is 0.00000361. The maximum atomic E-state index is 12.0. The molecule has 0 spiro atoms. The number of piperidine rings is 1. The fraction of sp³-hybridized carbons (Fsp3) is 0.345. The van der Waals surface area contributed by atoms with Crippen LogP contribution in [0.4, 0.5) is 4.79 Å². The summed E-state index contributed by atoms with van der Waals surface area (Å²) in [5.41, 5.74) is 2.59. The minimum Gasteiger partial charge on any atom is -0.433 e. The van der Waals surface area contributed by atoms with Crippen molar-refractivity contribution < 1.29 is 19.0 Å². The molecule has 0 bridgehead atoms. The van der Waals surface area contributed by atoms with Gasteiger partial charge in [-0.05, 0) is 36.2 Å². The highest BCUT2D eigenvalue weighted by atomic mass is 35.5. The standard InChI is InChI=1S/C29H34N2O4.ClH/c1-33-28-23-30(19-20-34-29(32)35-26-15-9-4-10-16-26)18-17-27(28)31(21-24-11-5-2-6-12-24)22-25-13-7-3-8-14-25;/h2-16,27-28H,17-23H2,1H3;1H/t27-,28+;/m1./s1. The quantitative estimate of drug-likeness (QED) is 0.268. The first-order valence-corrected chi connectivity index (χ1v) is 12.2. The van der Waals surface area contributed by atoms with Gasteiger partial charge in [0.05, 0.1) is 6.10 Å². The summed E-state index contributed by atoms with van der Waals surface area (Å²) < 4.78 is 16.5. The summed E-state index contributed by atoms with van der Waals surface area (Å²) in [5.74, 6) is 0.481. The van der Waals surface area contributed by atoms with Gasteiger partial charge < -0.3 is 14.2 Å². The van der Waals surface area contributed by atoms with Gasteiger partial charge in [0, 0.05) is 39.3 Å². The van der Waals surface area contributed by atoms with Gasteiger partial charge in [-0.3, -0.25) is 9.80 Å².